The van der Waals surface area contributed by atoms with Gasteiger partial charge in [0.2, 0.25) is 0 Å². The molecule has 2 nitrogen and oxygen atoms in total. The van der Waals surface area contributed by atoms with E-state index in [-0.39, 0.29) is 12.1 Å². The minimum atomic E-state index is 0.198. The Kier molecular flexibility index (Phi) is 2.89. The van der Waals surface area contributed by atoms with Crippen molar-refractivity contribution in [2.45, 2.75) is 32.4 Å². The average Bonchev–Trinajstić information content (AvgIpc) is 2.63. The maximum Gasteiger partial charge on any atom is 0.143 e. The van der Waals surface area contributed by atoms with Gasteiger partial charge < -0.3 is 10.1 Å². The number of fused-ring (bicyclic) bond motifs is 1. The molecular weight excluding hydrogens is 210 g/mol. The van der Waals surface area contributed by atoms with Crippen LogP contribution in [0.3, 0.4) is 0 Å². The fourth-order valence-corrected chi connectivity index (χ4v) is 2.44. The lowest BCUT2D eigenvalue weighted by molar-refractivity contribution is 0.189. The van der Waals surface area contributed by atoms with Crippen LogP contribution in [0.2, 0.25) is 5.02 Å². The summed E-state index contributed by atoms with van der Waals surface area (Å²) in [7, 11) is 1.96. The predicted octanol–water partition coefficient (Wildman–Crippen LogP) is 3.08. The maximum absolute atomic E-state index is 6.13. The lowest BCUT2D eigenvalue weighted by Gasteiger charge is -2.16. The van der Waals surface area contributed by atoms with Crippen LogP contribution >= 0.6 is 11.6 Å². The van der Waals surface area contributed by atoms with Crippen LogP contribution in [0.15, 0.2) is 12.1 Å². The smallest absolute Gasteiger partial charge is 0.143 e. The minimum Gasteiger partial charge on any atom is -0.487 e. The van der Waals surface area contributed by atoms with Crippen LogP contribution in [-0.2, 0) is 0 Å². The molecule has 2 unspecified atom stereocenters. The highest BCUT2D eigenvalue weighted by atomic mass is 35.5. The molecular formula is C12H16ClNO. The maximum atomic E-state index is 6.13. The van der Waals surface area contributed by atoms with Crippen LogP contribution in [0.4, 0.5) is 0 Å². The number of hydrogen-bond donors (Lipinski definition) is 1. The predicted molar refractivity (Wildman–Crippen MR) is 62.7 cm³/mol. The van der Waals surface area contributed by atoms with Gasteiger partial charge in [-0.3, -0.25) is 0 Å². The summed E-state index contributed by atoms with van der Waals surface area (Å²) < 4.78 is 5.88. The van der Waals surface area contributed by atoms with E-state index in [4.69, 9.17) is 16.3 Å². The molecule has 2 atom stereocenters. The molecule has 0 aromatic heterocycles. The molecule has 1 aliphatic heterocycles. The lowest BCUT2D eigenvalue weighted by Crippen LogP contribution is -2.27. The highest BCUT2D eigenvalue weighted by Crippen LogP contribution is 2.44. The van der Waals surface area contributed by atoms with Gasteiger partial charge in [-0.25, -0.2) is 0 Å². The number of ether oxygens (including phenoxy) is 1. The molecule has 1 aromatic rings. The highest BCUT2D eigenvalue weighted by molar-refractivity contribution is 6.32. The van der Waals surface area contributed by atoms with Crippen molar-refractivity contribution in [1.29, 1.82) is 0 Å². The highest BCUT2D eigenvalue weighted by Gasteiger charge is 2.34. The largest absolute Gasteiger partial charge is 0.487 e. The Labute approximate surface area is 95.6 Å². The molecule has 1 aliphatic rings. The van der Waals surface area contributed by atoms with Crippen LogP contribution < -0.4 is 10.1 Å². The number of benzene rings is 1. The Balaban J connectivity index is 2.51. The normalized spacial score (nSPS) is 23.7. The Bertz CT molecular complexity index is 378. The van der Waals surface area contributed by atoms with Crippen LogP contribution in [0.5, 0.6) is 5.75 Å². The van der Waals surface area contributed by atoms with Crippen LogP contribution in [0.25, 0.3) is 0 Å². The summed E-state index contributed by atoms with van der Waals surface area (Å²) >= 11 is 6.13. The first kappa shape index (κ1) is 10.8. The van der Waals surface area contributed by atoms with Gasteiger partial charge in [0.15, 0.2) is 0 Å². The molecule has 0 fully saturated rings. The first-order valence-electron chi connectivity index (χ1n) is 5.32. The van der Waals surface area contributed by atoms with Crippen molar-refractivity contribution in [2.24, 2.45) is 0 Å². The second kappa shape index (κ2) is 4.03. The topological polar surface area (TPSA) is 21.3 Å². The van der Waals surface area contributed by atoms with E-state index in [1.54, 1.807) is 0 Å². The Hall–Kier alpha value is -0.730. The number of hydrogen-bond acceptors (Lipinski definition) is 2. The van der Waals surface area contributed by atoms with Crippen molar-refractivity contribution >= 4 is 11.6 Å². The number of aryl methyl sites for hydroxylation is 1. The fourth-order valence-electron chi connectivity index (χ4n) is 2.23. The molecule has 15 heavy (non-hydrogen) atoms. The van der Waals surface area contributed by atoms with Gasteiger partial charge in [-0.05, 0) is 32.0 Å². The Morgan fingerprint density at radius 2 is 2.20 bits per heavy atom. The number of likely N-dealkylation sites (N-methyl/N-ethyl adjacent to an activating group) is 1. The molecule has 0 aliphatic carbocycles. The van der Waals surface area contributed by atoms with Crippen molar-refractivity contribution in [3.63, 3.8) is 0 Å². The first-order valence-corrected chi connectivity index (χ1v) is 5.69. The van der Waals surface area contributed by atoms with E-state index in [0.717, 1.165) is 12.2 Å². The molecule has 0 radical (unpaired) electrons. The summed E-state index contributed by atoms with van der Waals surface area (Å²) in [5.74, 6) is 0.864. The van der Waals surface area contributed by atoms with E-state index < -0.39 is 0 Å². The van der Waals surface area contributed by atoms with Crippen molar-refractivity contribution in [1.82, 2.24) is 5.32 Å². The van der Waals surface area contributed by atoms with E-state index in [9.17, 15) is 0 Å². The van der Waals surface area contributed by atoms with Crippen molar-refractivity contribution in [3.05, 3.63) is 28.3 Å². The molecule has 0 spiro atoms. The SMILES string of the molecule is CCC1Oc2c(Cl)ccc(C)c2C1NC. The summed E-state index contributed by atoms with van der Waals surface area (Å²) in [6, 6.07) is 4.22. The fraction of sp³-hybridized carbons (Fsp3) is 0.500. The van der Waals surface area contributed by atoms with E-state index in [2.05, 4.69) is 19.2 Å². The van der Waals surface area contributed by atoms with Gasteiger partial charge in [0.25, 0.3) is 0 Å². The van der Waals surface area contributed by atoms with Gasteiger partial charge in [-0.15, -0.1) is 0 Å². The van der Waals surface area contributed by atoms with Crippen LogP contribution in [-0.4, -0.2) is 13.2 Å². The third-order valence-electron chi connectivity index (χ3n) is 3.03. The van der Waals surface area contributed by atoms with E-state index >= 15 is 0 Å². The van der Waals surface area contributed by atoms with Crippen LogP contribution in [0, 0.1) is 6.92 Å². The molecule has 1 N–H and O–H groups in total. The minimum absolute atomic E-state index is 0.198. The summed E-state index contributed by atoms with van der Waals surface area (Å²) in [5.41, 5.74) is 2.46. The van der Waals surface area contributed by atoms with Crippen molar-refractivity contribution in [2.75, 3.05) is 7.05 Å². The molecule has 3 heteroatoms. The molecule has 0 bridgehead atoms. The molecule has 1 heterocycles. The molecule has 0 saturated heterocycles. The number of rotatable bonds is 2. The summed E-state index contributed by atoms with van der Waals surface area (Å²) in [5, 5.41) is 4.02. The second-order valence-electron chi connectivity index (χ2n) is 3.94. The summed E-state index contributed by atoms with van der Waals surface area (Å²) in [6.07, 6.45) is 1.18. The van der Waals surface area contributed by atoms with Gasteiger partial charge in [-0.2, -0.15) is 0 Å². The monoisotopic (exact) mass is 225 g/mol. The molecule has 82 valence electrons. The van der Waals surface area contributed by atoms with E-state index in [1.807, 2.05) is 19.2 Å². The Morgan fingerprint density at radius 1 is 1.47 bits per heavy atom. The average molecular weight is 226 g/mol. The zero-order valence-electron chi connectivity index (χ0n) is 9.30. The standard InChI is InChI=1S/C12H16ClNO/c1-4-9-11(14-3)10-7(2)5-6-8(13)12(10)15-9/h5-6,9,11,14H,4H2,1-3H3. The van der Waals surface area contributed by atoms with Crippen LogP contribution in [0.1, 0.15) is 30.5 Å². The molecule has 0 amide bonds. The van der Waals surface area contributed by atoms with Gasteiger partial charge in [0.05, 0.1) is 11.1 Å². The lowest BCUT2D eigenvalue weighted by atomic mass is 9.98. The molecule has 2 rings (SSSR count). The Morgan fingerprint density at radius 3 is 2.80 bits per heavy atom. The summed E-state index contributed by atoms with van der Waals surface area (Å²) in [4.78, 5) is 0. The number of nitrogens with one attached hydrogen (secondary N) is 1. The van der Waals surface area contributed by atoms with Gasteiger partial charge in [-0.1, -0.05) is 24.6 Å². The third kappa shape index (κ3) is 1.62. The summed E-state index contributed by atoms with van der Waals surface area (Å²) in [6.45, 7) is 4.23. The second-order valence-corrected chi connectivity index (χ2v) is 4.35. The number of halogens is 1. The quantitative estimate of drug-likeness (QED) is 0.835. The van der Waals surface area contributed by atoms with Gasteiger partial charge in [0, 0.05) is 5.56 Å². The van der Waals surface area contributed by atoms with Gasteiger partial charge in [0.1, 0.15) is 11.9 Å². The van der Waals surface area contributed by atoms with Crippen molar-refractivity contribution < 1.29 is 4.74 Å². The van der Waals surface area contributed by atoms with E-state index in [1.165, 1.54) is 11.1 Å². The van der Waals surface area contributed by atoms with E-state index in [0.29, 0.717) is 5.02 Å². The third-order valence-corrected chi connectivity index (χ3v) is 3.33. The molecule has 0 saturated carbocycles. The zero-order valence-corrected chi connectivity index (χ0v) is 10.1. The van der Waals surface area contributed by atoms with Gasteiger partial charge >= 0.3 is 0 Å². The van der Waals surface area contributed by atoms with Crippen molar-refractivity contribution in [3.8, 4) is 5.75 Å². The molecule has 1 aromatic carbocycles. The first-order chi connectivity index (χ1) is 7.19. The zero-order chi connectivity index (χ0) is 11.0.